The molecule has 0 saturated heterocycles. The number of amides is 1. The Balaban J connectivity index is 1.49. The van der Waals surface area contributed by atoms with E-state index < -0.39 is 6.10 Å². The van der Waals surface area contributed by atoms with Crippen LogP contribution >= 0.6 is 11.8 Å². The third-order valence-electron chi connectivity index (χ3n) is 4.12. The van der Waals surface area contributed by atoms with Crippen LogP contribution in [-0.2, 0) is 17.6 Å². The number of hydrogen-bond donors (Lipinski definition) is 2. The molecule has 0 spiro atoms. The Kier molecular flexibility index (Phi) is 5.79. The number of hydrogen-bond acceptors (Lipinski definition) is 3. The number of aryl methyl sites for hydroxylation is 1. The van der Waals surface area contributed by atoms with Crippen LogP contribution in [0.2, 0.25) is 0 Å². The molecule has 0 aliphatic heterocycles. The number of nitrogens with one attached hydrogen (secondary N) is 1. The lowest BCUT2D eigenvalue weighted by Gasteiger charge is -2.11. The summed E-state index contributed by atoms with van der Waals surface area (Å²) in [6.45, 7) is 0.221. The van der Waals surface area contributed by atoms with Crippen molar-refractivity contribution in [2.45, 2.75) is 11.9 Å². The van der Waals surface area contributed by atoms with E-state index in [-0.39, 0.29) is 12.5 Å². The largest absolute Gasteiger partial charge is 0.386 e. The summed E-state index contributed by atoms with van der Waals surface area (Å²) in [6, 6.07) is 18.0. The number of aromatic nitrogens is 1. The maximum Gasteiger partial charge on any atom is 0.230 e. The van der Waals surface area contributed by atoms with E-state index in [9.17, 15) is 9.90 Å². The Bertz CT molecular complexity index is 845. The van der Waals surface area contributed by atoms with E-state index in [0.717, 1.165) is 22.2 Å². The SMILES string of the molecule is Cn1cc([C@@H](O)CNC(=O)CSCc2ccccc2)c2ccccc21. The summed E-state index contributed by atoms with van der Waals surface area (Å²) >= 11 is 1.57. The fourth-order valence-electron chi connectivity index (χ4n) is 2.85. The molecule has 1 aromatic heterocycles. The van der Waals surface area contributed by atoms with Gasteiger partial charge in [0, 0.05) is 42.0 Å². The lowest BCUT2D eigenvalue weighted by molar-refractivity contribution is -0.119. The number of aliphatic hydroxyl groups excluding tert-OH is 1. The van der Waals surface area contributed by atoms with Crippen LogP contribution in [0.3, 0.4) is 0 Å². The molecule has 25 heavy (non-hydrogen) atoms. The first-order valence-electron chi connectivity index (χ1n) is 8.25. The highest BCUT2D eigenvalue weighted by molar-refractivity contribution is 7.99. The Hall–Kier alpha value is -2.24. The molecule has 0 aliphatic carbocycles. The summed E-state index contributed by atoms with van der Waals surface area (Å²) in [6.07, 6.45) is 1.21. The van der Waals surface area contributed by atoms with Gasteiger partial charge < -0.3 is 15.0 Å². The number of carbonyl (C=O) groups excluding carboxylic acids is 1. The number of benzene rings is 2. The third-order valence-corrected chi connectivity index (χ3v) is 5.13. The number of para-hydroxylation sites is 1. The van der Waals surface area contributed by atoms with Gasteiger partial charge in [0.25, 0.3) is 0 Å². The molecule has 0 fully saturated rings. The molecular weight excluding hydrogens is 332 g/mol. The number of carbonyl (C=O) groups is 1. The number of nitrogens with zero attached hydrogens (tertiary/aromatic N) is 1. The van der Waals surface area contributed by atoms with Crippen LogP contribution in [0.5, 0.6) is 0 Å². The van der Waals surface area contributed by atoms with Crippen LogP contribution < -0.4 is 5.32 Å². The highest BCUT2D eigenvalue weighted by Crippen LogP contribution is 2.25. The lowest BCUT2D eigenvalue weighted by atomic mass is 10.1. The van der Waals surface area contributed by atoms with E-state index in [1.165, 1.54) is 5.56 Å². The second kappa shape index (κ2) is 8.23. The van der Waals surface area contributed by atoms with Crippen molar-refractivity contribution in [2.24, 2.45) is 7.05 Å². The lowest BCUT2D eigenvalue weighted by Crippen LogP contribution is -2.29. The molecule has 3 rings (SSSR count). The molecule has 0 saturated carbocycles. The van der Waals surface area contributed by atoms with E-state index in [1.807, 2.05) is 60.3 Å². The molecule has 1 heterocycles. The normalized spacial score (nSPS) is 12.2. The first kappa shape index (κ1) is 17.6. The van der Waals surface area contributed by atoms with Crippen LogP contribution in [0.1, 0.15) is 17.2 Å². The van der Waals surface area contributed by atoms with E-state index in [0.29, 0.717) is 5.75 Å². The average Bonchev–Trinajstić information content (AvgIpc) is 2.98. The van der Waals surface area contributed by atoms with Crippen LogP contribution in [0.25, 0.3) is 10.9 Å². The molecule has 1 atom stereocenters. The van der Waals surface area contributed by atoms with Crippen molar-refractivity contribution >= 4 is 28.6 Å². The van der Waals surface area contributed by atoms with Gasteiger partial charge in [-0.15, -0.1) is 11.8 Å². The first-order valence-corrected chi connectivity index (χ1v) is 9.41. The minimum Gasteiger partial charge on any atom is -0.386 e. The standard InChI is InChI=1S/C20H22N2O2S/c1-22-12-17(16-9-5-6-10-18(16)22)19(23)11-21-20(24)14-25-13-15-7-3-2-4-8-15/h2-10,12,19,23H,11,13-14H2,1H3,(H,21,24)/t19-/m0/s1. The number of aliphatic hydroxyl groups is 1. The molecule has 0 unspecified atom stereocenters. The Labute approximate surface area is 151 Å². The maximum absolute atomic E-state index is 12.0. The quantitative estimate of drug-likeness (QED) is 0.685. The molecule has 1 amide bonds. The van der Waals surface area contributed by atoms with Crippen molar-refractivity contribution < 1.29 is 9.90 Å². The van der Waals surface area contributed by atoms with Crippen molar-refractivity contribution in [3.05, 3.63) is 71.9 Å². The number of thioether (sulfide) groups is 1. The summed E-state index contributed by atoms with van der Waals surface area (Å²) in [5, 5.41) is 14.3. The highest BCUT2D eigenvalue weighted by atomic mass is 32.2. The summed E-state index contributed by atoms with van der Waals surface area (Å²) in [7, 11) is 1.96. The Morgan fingerprint density at radius 2 is 1.88 bits per heavy atom. The van der Waals surface area contributed by atoms with Gasteiger partial charge in [-0.2, -0.15) is 0 Å². The third kappa shape index (κ3) is 4.44. The molecule has 0 aliphatic rings. The summed E-state index contributed by atoms with van der Waals surface area (Å²) in [5.41, 5.74) is 3.12. The van der Waals surface area contributed by atoms with Crippen molar-refractivity contribution in [2.75, 3.05) is 12.3 Å². The van der Waals surface area contributed by atoms with Gasteiger partial charge >= 0.3 is 0 Å². The molecule has 4 nitrogen and oxygen atoms in total. The zero-order valence-corrected chi connectivity index (χ0v) is 15.0. The second-order valence-corrected chi connectivity index (χ2v) is 7.00. The van der Waals surface area contributed by atoms with Gasteiger partial charge in [-0.3, -0.25) is 4.79 Å². The van der Waals surface area contributed by atoms with Crippen molar-refractivity contribution in [3.63, 3.8) is 0 Å². The number of fused-ring (bicyclic) bond motifs is 1. The summed E-state index contributed by atoms with van der Waals surface area (Å²) in [5.74, 6) is 1.14. The van der Waals surface area contributed by atoms with E-state index in [2.05, 4.69) is 17.4 Å². The predicted molar refractivity (Wildman–Crippen MR) is 103 cm³/mol. The summed E-state index contributed by atoms with van der Waals surface area (Å²) in [4.78, 5) is 12.0. The molecule has 5 heteroatoms. The fourth-order valence-corrected chi connectivity index (χ4v) is 3.66. The van der Waals surface area contributed by atoms with Crippen LogP contribution in [0.4, 0.5) is 0 Å². The smallest absolute Gasteiger partial charge is 0.230 e. The monoisotopic (exact) mass is 354 g/mol. The molecule has 3 aromatic rings. The van der Waals surface area contributed by atoms with Gasteiger partial charge in [-0.1, -0.05) is 48.5 Å². The number of rotatable bonds is 7. The second-order valence-electron chi connectivity index (χ2n) is 6.01. The molecule has 0 bridgehead atoms. The first-order chi connectivity index (χ1) is 12.1. The molecular formula is C20H22N2O2S. The topological polar surface area (TPSA) is 54.3 Å². The summed E-state index contributed by atoms with van der Waals surface area (Å²) < 4.78 is 1.99. The molecule has 0 radical (unpaired) electrons. The highest BCUT2D eigenvalue weighted by Gasteiger charge is 2.15. The zero-order valence-electron chi connectivity index (χ0n) is 14.2. The Morgan fingerprint density at radius 3 is 2.68 bits per heavy atom. The maximum atomic E-state index is 12.0. The Morgan fingerprint density at radius 1 is 1.16 bits per heavy atom. The fraction of sp³-hybridized carbons (Fsp3) is 0.250. The van der Waals surface area contributed by atoms with Gasteiger partial charge in [0.05, 0.1) is 11.9 Å². The molecule has 130 valence electrons. The minimum absolute atomic E-state index is 0.0554. The van der Waals surface area contributed by atoms with Gasteiger partial charge in [0.1, 0.15) is 0 Å². The molecule has 2 aromatic carbocycles. The van der Waals surface area contributed by atoms with Gasteiger partial charge in [-0.05, 0) is 11.6 Å². The average molecular weight is 354 g/mol. The van der Waals surface area contributed by atoms with Crippen LogP contribution in [0, 0.1) is 0 Å². The van der Waals surface area contributed by atoms with Crippen LogP contribution in [0.15, 0.2) is 60.8 Å². The van der Waals surface area contributed by atoms with Crippen molar-refractivity contribution in [1.29, 1.82) is 0 Å². The van der Waals surface area contributed by atoms with E-state index >= 15 is 0 Å². The van der Waals surface area contributed by atoms with Crippen molar-refractivity contribution in [3.8, 4) is 0 Å². The van der Waals surface area contributed by atoms with Gasteiger partial charge in [0.15, 0.2) is 0 Å². The van der Waals surface area contributed by atoms with E-state index in [1.54, 1.807) is 11.8 Å². The van der Waals surface area contributed by atoms with Crippen LogP contribution in [-0.4, -0.2) is 27.9 Å². The predicted octanol–water partition coefficient (Wildman–Crippen LogP) is 3.26. The van der Waals surface area contributed by atoms with Gasteiger partial charge in [0.2, 0.25) is 5.91 Å². The minimum atomic E-state index is -0.714. The molecule has 2 N–H and O–H groups in total. The van der Waals surface area contributed by atoms with E-state index in [4.69, 9.17) is 0 Å². The van der Waals surface area contributed by atoms with Gasteiger partial charge in [-0.25, -0.2) is 0 Å². The zero-order chi connectivity index (χ0) is 17.6. The van der Waals surface area contributed by atoms with Crippen molar-refractivity contribution in [1.82, 2.24) is 9.88 Å².